The predicted molar refractivity (Wildman–Crippen MR) is 263 cm³/mol. The molecule has 0 aromatic heterocycles. The van der Waals surface area contributed by atoms with Crippen molar-refractivity contribution in [1.29, 1.82) is 0 Å². The maximum absolute atomic E-state index is 13.9. The van der Waals surface area contributed by atoms with E-state index >= 15 is 0 Å². The van der Waals surface area contributed by atoms with E-state index in [1.54, 1.807) is 49.5 Å². The molecule has 0 aliphatic carbocycles. The number of esters is 3. The van der Waals surface area contributed by atoms with E-state index in [0.29, 0.717) is 47.7 Å². The average molecular weight is 961 g/mol. The lowest BCUT2D eigenvalue weighted by Crippen LogP contribution is -2.52. The molecule has 2 saturated heterocycles. The Morgan fingerprint density at radius 3 is 2.06 bits per heavy atom. The third kappa shape index (κ3) is 15.8. The van der Waals surface area contributed by atoms with Gasteiger partial charge in [0, 0.05) is 28.9 Å². The van der Waals surface area contributed by atoms with Crippen LogP contribution < -0.4 is 4.74 Å². The van der Waals surface area contributed by atoms with Crippen LogP contribution in [0.25, 0.3) is 0 Å². The highest BCUT2D eigenvalue weighted by Crippen LogP contribution is 2.42. The summed E-state index contributed by atoms with van der Waals surface area (Å²) in [4.78, 5) is 51.7. The first-order chi connectivity index (χ1) is 30.5. The third-order valence-electron chi connectivity index (χ3n) is 13.4. The fourth-order valence-corrected chi connectivity index (χ4v) is 11.8. The van der Waals surface area contributed by atoms with Crippen molar-refractivity contribution < 1.29 is 47.6 Å². The molecular formula is C50H72O10S4. The number of thiocarbonyl (C=S) groups is 1. The Morgan fingerprint density at radius 2 is 1.44 bits per heavy atom. The van der Waals surface area contributed by atoms with Gasteiger partial charge in [-0.1, -0.05) is 98.8 Å². The highest BCUT2D eigenvalue weighted by molar-refractivity contribution is 8.46. The van der Waals surface area contributed by atoms with Crippen molar-refractivity contribution in [3.8, 4) is 5.75 Å². The number of carbonyl (C=O) groups is 4. The summed E-state index contributed by atoms with van der Waals surface area (Å²) in [6, 6.07) is 13.9. The monoisotopic (exact) mass is 960 g/mol. The Balaban J connectivity index is 1.31. The van der Waals surface area contributed by atoms with Gasteiger partial charge in [0.2, 0.25) is 0 Å². The van der Waals surface area contributed by atoms with Crippen LogP contribution in [-0.4, -0.2) is 76.4 Å². The molecule has 0 bridgehead atoms. The fraction of sp³-hybridized carbons (Fsp3) is 0.660. The Labute approximate surface area is 400 Å². The first-order valence-corrected chi connectivity index (χ1v) is 26.5. The molecule has 12 atom stereocenters. The van der Waals surface area contributed by atoms with Crippen molar-refractivity contribution in [1.82, 2.24) is 0 Å². The lowest BCUT2D eigenvalue weighted by Gasteiger charge is -2.48. The third-order valence-corrected chi connectivity index (χ3v) is 17.1. The van der Waals surface area contributed by atoms with Crippen LogP contribution >= 0.6 is 47.5 Å². The van der Waals surface area contributed by atoms with Gasteiger partial charge >= 0.3 is 17.9 Å². The normalized spacial score (nSPS) is 27.2. The molecule has 0 radical (unpaired) electrons. The quantitative estimate of drug-likeness (QED) is 0.0345. The molecule has 2 unspecified atom stereocenters. The number of carbonyl (C=O) groups excluding carboxylic acids is 4. The van der Waals surface area contributed by atoms with Gasteiger partial charge in [0.1, 0.15) is 22.2 Å². The minimum atomic E-state index is -1.38. The maximum Gasteiger partial charge on any atom is 0.314 e. The zero-order chi connectivity index (χ0) is 47.0. The number of hydrogen-bond donors (Lipinski definition) is 0. The summed E-state index contributed by atoms with van der Waals surface area (Å²) >= 11 is 10.5. The first kappa shape index (κ1) is 54.1. The molecule has 0 spiro atoms. The number of hydrogen-bond acceptors (Lipinski definition) is 14. The smallest absolute Gasteiger partial charge is 0.314 e. The van der Waals surface area contributed by atoms with Gasteiger partial charge in [-0.3, -0.25) is 19.2 Å². The van der Waals surface area contributed by atoms with Crippen molar-refractivity contribution in [2.75, 3.05) is 23.9 Å². The summed E-state index contributed by atoms with van der Waals surface area (Å²) in [5, 5.41) is 0. The number of ether oxygens (including phenoxy) is 6. The molecular weight excluding hydrogens is 889 g/mol. The van der Waals surface area contributed by atoms with Crippen LogP contribution in [0.4, 0.5) is 0 Å². The van der Waals surface area contributed by atoms with Crippen molar-refractivity contribution in [2.45, 2.75) is 138 Å². The van der Waals surface area contributed by atoms with Gasteiger partial charge in [-0.25, -0.2) is 0 Å². The van der Waals surface area contributed by atoms with Crippen LogP contribution in [0.2, 0.25) is 0 Å². The Kier molecular flexibility index (Phi) is 22.6. The highest BCUT2D eigenvalue weighted by Gasteiger charge is 2.45. The van der Waals surface area contributed by atoms with E-state index in [4.69, 9.17) is 40.6 Å². The summed E-state index contributed by atoms with van der Waals surface area (Å²) in [5.74, 6) is 3.28. The number of rotatable bonds is 23. The van der Waals surface area contributed by atoms with Gasteiger partial charge in [0.15, 0.2) is 12.6 Å². The molecule has 2 aromatic rings. The van der Waals surface area contributed by atoms with Crippen LogP contribution in [0.5, 0.6) is 5.75 Å². The van der Waals surface area contributed by atoms with Gasteiger partial charge in [-0.15, -0.1) is 23.5 Å². The average Bonchev–Trinajstić information content (AvgIpc) is 3.28. The Morgan fingerprint density at radius 1 is 0.812 bits per heavy atom. The minimum Gasteiger partial charge on any atom is -0.465 e. The van der Waals surface area contributed by atoms with Gasteiger partial charge in [0.25, 0.3) is 0 Å². The molecule has 14 heteroatoms. The van der Waals surface area contributed by atoms with E-state index in [2.05, 4.69) is 55.4 Å². The largest absolute Gasteiger partial charge is 0.465 e. The molecule has 0 N–H and O–H groups in total. The van der Waals surface area contributed by atoms with Gasteiger partial charge < -0.3 is 28.4 Å². The van der Waals surface area contributed by atoms with Gasteiger partial charge in [0.05, 0.1) is 36.6 Å². The molecule has 4 rings (SSSR count). The standard InChI is InChI=1S/C50H72O10S4/c1-11-42-34(6)32(4)36(8)46(58-42)60-47-37(9)33(5)35(7)43(59-47)30-62-24-16-15-23-55-48(54)50(10,25-31(3)45(53)57-41-21-19-38(27-51)20-22-41)26-44(52)56-28-39-17-13-14-18-40(39)29-64-49(61)63-12-2/h13-14,17-22,27,31-37,42-43,46-47H,11-12,15-16,23-26,28-30H2,1-10H3/t31?,32-,33-,34-,35-,36+,37+,42+,43+,46+,47+,50?/m0/s1. The zero-order valence-electron chi connectivity index (χ0n) is 39.5. The van der Waals surface area contributed by atoms with Crippen LogP contribution in [0.3, 0.4) is 0 Å². The van der Waals surface area contributed by atoms with Crippen molar-refractivity contribution in [3.63, 3.8) is 0 Å². The summed E-state index contributed by atoms with van der Waals surface area (Å²) in [7, 11) is 0. The molecule has 0 amide bonds. The highest BCUT2D eigenvalue weighted by atomic mass is 32.2. The lowest BCUT2D eigenvalue weighted by molar-refractivity contribution is -0.338. The molecule has 2 aliphatic heterocycles. The topological polar surface area (TPSA) is 124 Å². The first-order valence-electron chi connectivity index (χ1n) is 23.0. The fourth-order valence-electron chi connectivity index (χ4n) is 8.40. The van der Waals surface area contributed by atoms with E-state index in [-0.39, 0.29) is 68.4 Å². The molecule has 2 aliphatic rings. The summed E-state index contributed by atoms with van der Waals surface area (Å²) in [6.45, 7) is 21.3. The molecule has 0 saturated carbocycles. The molecule has 2 heterocycles. The van der Waals surface area contributed by atoms with Crippen LogP contribution in [0.15, 0.2) is 48.5 Å². The predicted octanol–water partition coefficient (Wildman–Crippen LogP) is 11.6. The number of benzene rings is 2. The van der Waals surface area contributed by atoms with Crippen LogP contribution in [-0.2, 0) is 50.4 Å². The van der Waals surface area contributed by atoms with Crippen LogP contribution in [0.1, 0.15) is 123 Å². The summed E-state index contributed by atoms with van der Waals surface area (Å²) < 4.78 is 37.8. The summed E-state index contributed by atoms with van der Waals surface area (Å²) in [5.41, 5.74) is 0.937. The zero-order valence-corrected chi connectivity index (χ0v) is 42.8. The van der Waals surface area contributed by atoms with E-state index in [1.165, 1.54) is 12.1 Å². The molecule has 356 valence electrons. The van der Waals surface area contributed by atoms with E-state index < -0.39 is 29.2 Å². The summed E-state index contributed by atoms with van der Waals surface area (Å²) in [6.07, 6.45) is 2.42. The maximum atomic E-state index is 13.9. The van der Waals surface area contributed by atoms with Crippen LogP contribution in [0, 0.1) is 46.8 Å². The number of thioether (sulfide) groups is 3. The SMILES string of the molecule is CCSC(=S)SCc1ccccc1COC(=O)CC(C)(CC(C)C(=O)Oc1ccc(C=O)cc1)C(=O)OCCCCSC[C@H]1O[C@H](O[C@H]2O[C@H](CC)[C@@H](C)[C@H](C)[C@H]2C)[C@H](C)[C@@H](C)[C@@H]1C. The number of aldehydes is 1. The Bertz CT molecular complexity index is 1810. The van der Waals surface area contributed by atoms with Gasteiger partial charge in [-0.2, -0.15) is 11.8 Å². The molecule has 64 heavy (non-hydrogen) atoms. The molecule has 2 fully saturated rings. The molecule has 2 aromatic carbocycles. The van der Waals surface area contributed by atoms with Crippen molar-refractivity contribution >= 4 is 75.2 Å². The van der Waals surface area contributed by atoms with Crippen molar-refractivity contribution in [3.05, 3.63) is 65.2 Å². The van der Waals surface area contributed by atoms with E-state index in [9.17, 15) is 19.2 Å². The molecule has 10 nitrogen and oxygen atoms in total. The van der Waals surface area contributed by atoms with E-state index in [1.807, 2.05) is 36.0 Å². The number of unbranched alkanes of at least 4 members (excludes halogenated alkanes) is 1. The minimum absolute atomic E-state index is 0.00769. The lowest BCUT2D eigenvalue weighted by atomic mass is 9.78. The van der Waals surface area contributed by atoms with Crippen molar-refractivity contribution in [2.24, 2.45) is 46.8 Å². The van der Waals surface area contributed by atoms with Gasteiger partial charge in [-0.05, 0) is 103 Å². The second-order valence-corrected chi connectivity index (χ2v) is 22.6. The second kappa shape index (κ2) is 26.8. The Hall–Kier alpha value is -2.46. The second-order valence-electron chi connectivity index (χ2n) is 18.1. The van der Waals surface area contributed by atoms with E-state index in [0.717, 1.165) is 44.8 Å².